The molecule has 0 heterocycles. The van der Waals surface area contributed by atoms with Gasteiger partial charge in [0.2, 0.25) is 0 Å². The molecule has 0 bridgehead atoms. The molecular formula is C12H14O2. The summed E-state index contributed by atoms with van der Waals surface area (Å²) in [4.78, 5) is 11.4. The predicted octanol–water partition coefficient (Wildman–Crippen LogP) is 1.74. The van der Waals surface area contributed by atoms with Crippen molar-refractivity contribution in [1.82, 2.24) is 0 Å². The SMILES string of the molecule is CC1C(=O)CC(O)C1c1ccccc1. The van der Waals surface area contributed by atoms with Crippen molar-refractivity contribution < 1.29 is 9.90 Å². The van der Waals surface area contributed by atoms with E-state index in [-0.39, 0.29) is 17.6 Å². The maximum absolute atomic E-state index is 11.4. The Hall–Kier alpha value is -1.15. The number of carbonyl (C=O) groups is 1. The first-order valence-electron chi connectivity index (χ1n) is 4.96. The van der Waals surface area contributed by atoms with Crippen LogP contribution in [0.4, 0.5) is 0 Å². The molecule has 0 aromatic heterocycles. The number of aliphatic hydroxyl groups is 1. The highest BCUT2D eigenvalue weighted by Crippen LogP contribution is 2.36. The zero-order chi connectivity index (χ0) is 10.1. The summed E-state index contributed by atoms with van der Waals surface area (Å²) in [5, 5.41) is 9.76. The van der Waals surface area contributed by atoms with E-state index in [0.29, 0.717) is 6.42 Å². The summed E-state index contributed by atoms with van der Waals surface area (Å²) in [5.74, 6) is 0.113. The Morgan fingerprint density at radius 3 is 2.43 bits per heavy atom. The third kappa shape index (κ3) is 1.46. The van der Waals surface area contributed by atoms with E-state index in [9.17, 15) is 9.90 Å². The molecule has 0 radical (unpaired) electrons. The molecule has 1 fully saturated rings. The minimum absolute atomic E-state index is 0.0105. The van der Waals surface area contributed by atoms with Crippen LogP contribution in [-0.4, -0.2) is 17.0 Å². The van der Waals surface area contributed by atoms with E-state index >= 15 is 0 Å². The van der Waals surface area contributed by atoms with E-state index in [4.69, 9.17) is 0 Å². The molecule has 0 saturated heterocycles. The molecule has 1 aromatic carbocycles. The van der Waals surface area contributed by atoms with Gasteiger partial charge in [0.25, 0.3) is 0 Å². The van der Waals surface area contributed by atoms with Crippen molar-refractivity contribution in [3.05, 3.63) is 35.9 Å². The fourth-order valence-electron chi connectivity index (χ4n) is 2.24. The Morgan fingerprint density at radius 1 is 1.29 bits per heavy atom. The fourth-order valence-corrected chi connectivity index (χ4v) is 2.24. The second kappa shape index (κ2) is 3.54. The molecule has 1 aliphatic rings. The topological polar surface area (TPSA) is 37.3 Å². The molecular weight excluding hydrogens is 176 g/mol. The third-order valence-electron chi connectivity index (χ3n) is 3.06. The smallest absolute Gasteiger partial charge is 0.139 e. The summed E-state index contributed by atoms with van der Waals surface area (Å²) in [6.45, 7) is 1.90. The third-order valence-corrected chi connectivity index (χ3v) is 3.06. The number of aliphatic hydroxyl groups excluding tert-OH is 1. The molecule has 2 nitrogen and oxygen atoms in total. The van der Waals surface area contributed by atoms with Crippen molar-refractivity contribution in [2.24, 2.45) is 5.92 Å². The minimum atomic E-state index is -0.500. The molecule has 1 aliphatic carbocycles. The highest BCUT2D eigenvalue weighted by atomic mass is 16.3. The highest BCUT2D eigenvalue weighted by Gasteiger charge is 2.39. The van der Waals surface area contributed by atoms with Crippen LogP contribution in [-0.2, 0) is 4.79 Å². The molecule has 1 saturated carbocycles. The molecule has 1 aromatic rings. The molecule has 2 heteroatoms. The van der Waals surface area contributed by atoms with E-state index in [1.807, 2.05) is 37.3 Å². The lowest BCUT2D eigenvalue weighted by atomic mass is 9.89. The number of hydrogen-bond acceptors (Lipinski definition) is 2. The van der Waals surface area contributed by atoms with Gasteiger partial charge in [-0.3, -0.25) is 4.79 Å². The van der Waals surface area contributed by atoms with Crippen molar-refractivity contribution in [2.75, 3.05) is 0 Å². The van der Waals surface area contributed by atoms with Gasteiger partial charge in [-0.2, -0.15) is 0 Å². The lowest BCUT2D eigenvalue weighted by Crippen LogP contribution is -2.15. The summed E-state index contributed by atoms with van der Waals surface area (Å²) in [6, 6.07) is 9.78. The van der Waals surface area contributed by atoms with Crippen molar-refractivity contribution in [1.29, 1.82) is 0 Å². The summed E-state index contributed by atoms with van der Waals surface area (Å²) in [5.41, 5.74) is 1.07. The van der Waals surface area contributed by atoms with Crippen LogP contribution in [0.5, 0.6) is 0 Å². The average Bonchev–Trinajstić information content (AvgIpc) is 2.43. The number of hydrogen-bond donors (Lipinski definition) is 1. The van der Waals surface area contributed by atoms with Gasteiger partial charge >= 0.3 is 0 Å². The molecule has 3 atom stereocenters. The molecule has 0 aliphatic heterocycles. The Kier molecular flexibility index (Phi) is 2.38. The van der Waals surface area contributed by atoms with Crippen molar-refractivity contribution >= 4 is 5.78 Å². The molecule has 14 heavy (non-hydrogen) atoms. The summed E-state index contributed by atoms with van der Waals surface area (Å²) >= 11 is 0. The minimum Gasteiger partial charge on any atom is -0.392 e. The summed E-state index contributed by atoms with van der Waals surface area (Å²) in [6.07, 6.45) is -0.194. The van der Waals surface area contributed by atoms with Gasteiger partial charge in [0.05, 0.1) is 6.10 Å². The monoisotopic (exact) mass is 190 g/mol. The number of benzene rings is 1. The van der Waals surface area contributed by atoms with Crippen LogP contribution >= 0.6 is 0 Å². The van der Waals surface area contributed by atoms with Gasteiger partial charge < -0.3 is 5.11 Å². The van der Waals surface area contributed by atoms with E-state index < -0.39 is 6.10 Å². The highest BCUT2D eigenvalue weighted by molar-refractivity contribution is 5.85. The molecule has 3 unspecified atom stereocenters. The van der Waals surface area contributed by atoms with Crippen LogP contribution in [0, 0.1) is 5.92 Å². The van der Waals surface area contributed by atoms with Crippen LogP contribution in [0.15, 0.2) is 30.3 Å². The van der Waals surface area contributed by atoms with E-state index in [1.165, 1.54) is 0 Å². The van der Waals surface area contributed by atoms with Crippen LogP contribution < -0.4 is 0 Å². The van der Waals surface area contributed by atoms with Crippen molar-refractivity contribution in [3.8, 4) is 0 Å². The fraction of sp³-hybridized carbons (Fsp3) is 0.417. The van der Waals surface area contributed by atoms with Gasteiger partial charge in [0.1, 0.15) is 5.78 Å². The molecule has 0 spiro atoms. The number of Topliss-reactive ketones (excluding diaryl/α,β-unsaturated/α-hetero) is 1. The normalized spacial score (nSPS) is 32.1. The average molecular weight is 190 g/mol. The first-order chi connectivity index (χ1) is 6.70. The largest absolute Gasteiger partial charge is 0.392 e. The van der Waals surface area contributed by atoms with Gasteiger partial charge in [-0.25, -0.2) is 0 Å². The summed E-state index contributed by atoms with van der Waals surface area (Å²) in [7, 11) is 0. The molecule has 74 valence electrons. The predicted molar refractivity (Wildman–Crippen MR) is 54.0 cm³/mol. The van der Waals surface area contributed by atoms with Gasteiger partial charge in [0, 0.05) is 18.3 Å². The first-order valence-corrected chi connectivity index (χ1v) is 4.96. The van der Waals surface area contributed by atoms with Crippen molar-refractivity contribution in [2.45, 2.75) is 25.4 Å². The van der Waals surface area contributed by atoms with Crippen LogP contribution in [0.3, 0.4) is 0 Å². The number of rotatable bonds is 1. The van der Waals surface area contributed by atoms with Crippen LogP contribution in [0.2, 0.25) is 0 Å². The van der Waals surface area contributed by atoms with E-state index in [2.05, 4.69) is 0 Å². The van der Waals surface area contributed by atoms with Gasteiger partial charge in [0.15, 0.2) is 0 Å². The molecule has 2 rings (SSSR count). The van der Waals surface area contributed by atoms with Gasteiger partial charge in [-0.1, -0.05) is 37.3 Å². The van der Waals surface area contributed by atoms with E-state index in [0.717, 1.165) is 5.56 Å². The van der Waals surface area contributed by atoms with E-state index in [1.54, 1.807) is 0 Å². The lowest BCUT2D eigenvalue weighted by Gasteiger charge is -2.17. The Bertz CT molecular complexity index is 331. The van der Waals surface area contributed by atoms with Crippen LogP contribution in [0.1, 0.15) is 24.8 Å². The Morgan fingerprint density at radius 2 is 1.93 bits per heavy atom. The zero-order valence-corrected chi connectivity index (χ0v) is 8.18. The number of ketones is 1. The molecule has 1 N–H and O–H groups in total. The Labute approximate surface area is 83.6 Å². The van der Waals surface area contributed by atoms with Gasteiger partial charge in [-0.05, 0) is 5.56 Å². The standard InChI is InChI=1S/C12H14O2/c1-8-10(13)7-11(14)12(8)9-5-3-2-4-6-9/h2-6,8,11-12,14H,7H2,1H3. The maximum atomic E-state index is 11.4. The van der Waals surface area contributed by atoms with Crippen molar-refractivity contribution in [3.63, 3.8) is 0 Å². The molecule has 0 amide bonds. The quantitative estimate of drug-likeness (QED) is 0.732. The lowest BCUT2D eigenvalue weighted by molar-refractivity contribution is -0.120. The second-order valence-corrected chi connectivity index (χ2v) is 3.96. The number of carbonyl (C=O) groups excluding carboxylic acids is 1. The zero-order valence-electron chi connectivity index (χ0n) is 8.18. The van der Waals surface area contributed by atoms with Crippen LogP contribution in [0.25, 0.3) is 0 Å². The Balaban J connectivity index is 2.31. The summed E-state index contributed by atoms with van der Waals surface area (Å²) < 4.78 is 0. The second-order valence-electron chi connectivity index (χ2n) is 3.96. The van der Waals surface area contributed by atoms with Gasteiger partial charge in [-0.15, -0.1) is 0 Å². The first kappa shape index (κ1) is 9.41. The maximum Gasteiger partial charge on any atom is 0.139 e.